The fourth-order valence-corrected chi connectivity index (χ4v) is 2.72. The molecule has 0 spiro atoms. The van der Waals surface area contributed by atoms with E-state index in [-0.39, 0.29) is 18.0 Å². The van der Waals surface area contributed by atoms with E-state index < -0.39 is 0 Å². The Labute approximate surface area is 141 Å². The van der Waals surface area contributed by atoms with Gasteiger partial charge >= 0.3 is 0 Å². The van der Waals surface area contributed by atoms with Gasteiger partial charge in [0.25, 0.3) is 0 Å². The largest absolute Gasteiger partial charge is 0.350 e. The predicted molar refractivity (Wildman–Crippen MR) is 94.7 cm³/mol. The number of nitrogens with zero attached hydrogens (tertiary/aromatic N) is 3. The molecule has 1 amide bonds. The number of aromatic nitrogens is 3. The lowest BCUT2D eigenvalue weighted by Gasteiger charge is -2.21. The minimum Gasteiger partial charge on any atom is -0.350 e. The van der Waals surface area contributed by atoms with Crippen LogP contribution in [0.3, 0.4) is 0 Å². The normalized spacial score (nSPS) is 11.6. The molecule has 2 heterocycles. The maximum Gasteiger partial charge on any atom is 0.240 e. The number of hydrogen-bond donors (Lipinski definition) is 1. The summed E-state index contributed by atoms with van der Waals surface area (Å²) in [5.41, 5.74) is 2.70. The van der Waals surface area contributed by atoms with E-state index in [0.717, 1.165) is 22.4 Å². The molecule has 3 rings (SSSR count). The van der Waals surface area contributed by atoms with E-state index in [2.05, 4.69) is 10.3 Å². The summed E-state index contributed by atoms with van der Waals surface area (Å²) in [5, 5.41) is 3.01. The van der Waals surface area contributed by atoms with Crippen molar-refractivity contribution < 1.29 is 4.79 Å². The summed E-state index contributed by atoms with van der Waals surface area (Å²) >= 11 is 0. The van der Waals surface area contributed by atoms with Crippen molar-refractivity contribution in [1.82, 2.24) is 19.9 Å². The van der Waals surface area contributed by atoms with Crippen LogP contribution in [0.4, 0.5) is 0 Å². The summed E-state index contributed by atoms with van der Waals surface area (Å²) in [4.78, 5) is 21.3. The van der Waals surface area contributed by atoms with E-state index in [4.69, 9.17) is 4.98 Å². The van der Waals surface area contributed by atoms with E-state index in [9.17, 15) is 4.79 Å². The number of carbonyl (C=O) groups is 1. The van der Waals surface area contributed by atoms with Gasteiger partial charge in [-0.2, -0.15) is 0 Å². The van der Waals surface area contributed by atoms with Gasteiger partial charge in [0.2, 0.25) is 5.91 Å². The lowest BCUT2D eigenvalue weighted by Crippen LogP contribution is -2.42. The van der Waals surface area contributed by atoms with Crippen LogP contribution in [-0.2, 0) is 17.8 Å². The van der Waals surface area contributed by atoms with Gasteiger partial charge in [0.05, 0.1) is 11.0 Å². The van der Waals surface area contributed by atoms with E-state index in [0.29, 0.717) is 6.42 Å². The number of benzene rings is 1. The first-order valence-corrected chi connectivity index (χ1v) is 8.06. The molecule has 1 N–H and O–H groups in total. The molecule has 3 aromatic rings. The number of fused-ring (bicyclic) bond motifs is 1. The lowest BCUT2D eigenvalue weighted by atomic mass is 10.1. The molecule has 0 unspecified atom stereocenters. The van der Waals surface area contributed by atoms with Crippen LogP contribution in [0.2, 0.25) is 0 Å². The molecule has 124 valence electrons. The summed E-state index contributed by atoms with van der Waals surface area (Å²) in [6.07, 6.45) is 4.23. The molecule has 2 aromatic heterocycles. The van der Waals surface area contributed by atoms with Crippen LogP contribution in [0.5, 0.6) is 0 Å². The van der Waals surface area contributed by atoms with Gasteiger partial charge in [-0.15, -0.1) is 0 Å². The third kappa shape index (κ3) is 3.79. The van der Waals surface area contributed by atoms with Gasteiger partial charge < -0.3 is 9.88 Å². The van der Waals surface area contributed by atoms with Gasteiger partial charge in [0.15, 0.2) is 0 Å². The molecule has 24 heavy (non-hydrogen) atoms. The Balaban J connectivity index is 1.95. The molecular formula is C19H22N4O. The summed E-state index contributed by atoms with van der Waals surface area (Å²) < 4.78 is 1.99. The van der Waals surface area contributed by atoms with Gasteiger partial charge in [-0.05, 0) is 44.5 Å². The topological polar surface area (TPSA) is 59.8 Å². The fourth-order valence-electron chi connectivity index (χ4n) is 2.72. The maximum absolute atomic E-state index is 12.4. The van der Waals surface area contributed by atoms with Crippen molar-refractivity contribution in [1.29, 1.82) is 0 Å². The smallest absolute Gasteiger partial charge is 0.240 e. The van der Waals surface area contributed by atoms with Crippen LogP contribution < -0.4 is 5.32 Å². The second-order valence-corrected chi connectivity index (χ2v) is 6.94. The summed E-state index contributed by atoms with van der Waals surface area (Å²) in [6, 6.07) is 11.8. The first-order chi connectivity index (χ1) is 11.4. The van der Waals surface area contributed by atoms with E-state index in [1.165, 1.54) is 0 Å². The molecule has 5 nitrogen and oxygen atoms in total. The van der Waals surface area contributed by atoms with Crippen molar-refractivity contribution >= 4 is 16.9 Å². The highest BCUT2D eigenvalue weighted by Gasteiger charge is 2.17. The van der Waals surface area contributed by atoms with Gasteiger partial charge in [0, 0.05) is 24.4 Å². The number of pyridine rings is 1. The monoisotopic (exact) mass is 322 g/mol. The van der Waals surface area contributed by atoms with Crippen molar-refractivity contribution in [2.45, 2.75) is 39.3 Å². The third-order valence-corrected chi connectivity index (χ3v) is 3.63. The van der Waals surface area contributed by atoms with Crippen molar-refractivity contribution in [2.75, 3.05) is 0 Å². The van der Waals surface area contributed by atoms with Crippen molar-refractivity contribution in [3.63, 3.8) is 0 Å². The highest BCUT2D eigenvalue weighted by molar-refractivity contribution is 5.81. The molecule has 0 bridgehead atoms. The number of nitrogens with one attached hydrogen (secondary N) is 1. The first-order valence-electron chi connectivity index (χ1n) is 8.06. The molecule has 0 atom stereocenters. The number of imidazole rings is 1. The Morgan fingerprint density at radius 1 is 1.17 bits per heavy atom. The second-order valence-electron chi connectivity index (χ2n) is 6.94. The van der Waals surface area contributed by atoms with Crippen LogP contribution in [0.15, 0.2) is 48.8 Å². The molecule has 0 aliphatic heterocycles. The maximum atomic E-state index is 12.4. The number of carbonyl (C=O) groups excluding carboxylic acids is 1. The van der Waals surface area contributed by atoms with Crippen LogP contribution in [-0.4, -0.2) is 26.0 Å². The SMILES string of the molecule is CC(C)(C)NC(=O)Cn1c(Cc2cccnc2)nc2ccccc21. The molecule has 0 aliphatic rings. The molecular weight excluding hydrogens is 300 g/mol. The Bertz CT molecular complexity index is 847. The zero-order valence-corrected chi connectivity index (χ0v) is 14.3. The molecule has 0 fully saturated rings. The van der Waals surface area contributed by atoms with Crippen molar-refractivity contribution in [3.8, 4) is 0 Å². The molecule has 0 radical (unpaired) electrons. The van der Waals surface area contributed by atoms with Gasteiger partial charge in [-0.1, -0.05) is 18.2 Å². The molecule has 1 aromatic carbocycles. The first kappa shape index (κ1) is 16.2. The Morgan fingerprint density at radius 2 is 1.96 bits per heavy atom. The molecule has 0 saturated heterocycles. The van der Waals surface area contributed by atoms with Crippen LogP contribution in [0, 0.1) is 0 Å². The highest BCUT2D eigenvalue weighted by Crippen LogP contribution is 2.18. The Morgan fingerprint density at radius 3 is 2.67 bits per heavy atom. The predicted octanol–water partition coefficient (Wildman–Crippen LogP) is 2.94. The number of para-hydroxylation sites is 2. The molecule has 0 aliphatic carbocycles. The summed E-state index contributed by atoms with van der Waals surface area (Å²) in [7, 11) is 0. The van der Waals surface area contributed by atoms with Gasteiger partial charge in [0.1, 0.15) is 12.4 Å². The average molecular weight is 322 g/mol. The zero-order chi connectivity index (χ0) is 17.2. The van der Waals surface area contributed by atoms with E-state index in [1.807, 2.05) is 67.9 Å². The minimum atomic E-state index is -0.253. The zero-order valence-electron chi connectivity index (χ0n) is 14.3. The molecule has 5 heteroatoms. The standard InChI is InChI=1S/C19H22N4O/c1-19(2,3)22-18(24)13-23-16-9-5-4-8-15(16)21-17(23)11-14-7-6-10-20-12-14/h4-10,12H,11,13H2,1-3H3,(H,22,24). The van der Waals surface area contributed by atoms with Crippen LogP contribution in [0.25, 0.3) is 11.0 Å². The van der Waals surface area contributed by atoms with E-state index in [1.54, 1.807) is 6.20 Å². The summed E-state index contributed by atoms with van der Waals surface area (Å²) in [5.74, 6) is 0.853. The third-order valence-electron chi connectivity index (χ3n) is 3.63. The van der Waals surface area contributed by atoms with E-state index >= 15 is 0 Å². The highest BCUT2D eigenvalue weighted by atomic mass is 16.2. The minimum absolute atomic E-state index is 0.0157. The Kier molecular flexibility index (Phi) is 4.34. The fraction of sp³-hybridized carbons (Fsp3) is 0.316. The number of hydrogen-bond acceptors (Lipinski definition) is 3. The molecule has 0 saturated carbocycles. The van der Waals surface area contributed by atoms with Gasteiger partial charge in [-0.25, -0.2) is 4.98 Å². The van der Waals surface area contributed by atoms with Crippen molar-refractivity contribution in [2.24, 2.45) is 0 Å². The lowest BCUT2D eigenvalue weighted by molar-refractivity contribution is -0.123. The average Bonchev–Trinajstić information content (AvgIpc) is 2.84. The number of amides is 1. The van der Waals surface area contributed by atoms with Crippen LogP contribution >= 0.6 is 0 Å². The van der Waals surface area contributed by atoms with Crippen LogP contribution in [0.1, 0.15) is 32.2 Å². The second kappa shape index (κ2) is 6.43. The quantitative estimate of drug-likeness (QED) is 0.803. The van der Waals surface area contributed by atoms with Gasteiger partial charge in [-0.3, -0.25) is 9.78 Å². The number of rotatable bonds is 4. The Hall–Kier alpha value is -2.69. The van der Waals surface area contributed by atoms with Crippen molar-refractivity contribution in [3.05, 3.63) is 60.2 Å². The summed E-state index contributed by atoms with van der Waals surface area (Å²) in [6.45, 7) is 6.20.